The van der Waals surface area contributed by atoms with Gasteiger partial charge in [-0.25, -0.2) is 0 Å². The van der Waals surface area contributed by atoms with Gasteiger partial charge in [-0.05, 0) is 40.8 Å². The van der Waals surface area contributed by atoms with Gasteiger partial charge in [-0.2, -0.15) is 0 Å². The summed E-state index contributed by atoms with van der Waals surface area (Å²) in [5.74, 6) is 0. The molecule has 2 rings (SSSR count). The number of benzene rings is 1. The van der Waals surface area contributed by atoms with Crippen molar-refractivity contribution in [1.29, 1.82) is 0 Å². The molecule has 2 nitrogen and oxygen atoms in total. The lowest BCUT2D eigenvalue weighted by molar-refractivity contribution is 0.938. The summed E-state index contributed by atoms with van der Waals surface area (Å²) >= 11 is 3.53. The van der Waals surface area contributed by atoms with Crippen molar-refractivity contribution in [2.75, 3.05) is 0 Å². The first kappa shape index (κ1) is 8.25. The van der Waals surface area contributed by atoms with E-state index in [4.69, 9.17) is 0 Å². The molecule has 0 unspecified atom stereocenters. The van der Waals surface area contributed by atoms with Crippen molar-refractivity contribution in [3.8, 4) is 0 Å². The molecule has 0 spiro atoms. The Morgan fingerprint density at radius 1 is 1.50 bits per heavy atom. The predicted octanol–water partition coefficient (Wildman–Crippen LogP) is 2.20. The molecule has 4 heteroatoms. The maximum atomic E-state index is 11.2. The SMILES string of the molecule is Cn1c(=O)sc2ccc(I)cc21. The molecule has 0 saturated carbocycles. The van der Waals surface area contributed by atoms with Crippen LogP contribution in [-0.2, 0) is 7.05 Å². The second-order valence-corrected chi connectivity index (χ2v) is 4.78. The van der Waals surface area contributed by atoms with Crippen molar-refractivity contribution in [2.45, 2.75) is 0 Å². The second-order valence-electron chi connectivity index (χ2n) is 2.54. The highest BCUT2D eigenvalue weighted by molar-refractivity contribution is 14.1. The Morgan fingerprint density at radius 3 is 3.00 bits per heavy atom. The van der Waals surface area contributed by atoms with Crippen molar-refractivity contribution in [3.63, 3.8) is 0 Å². The van der Waals surface area contributed by atoms with Crippen LogP contribution in [-0.4, -0.2) is 4.57 Å². The number of fused-ring (bicyclic) bond motifs is 1. The summed E-state index contributed by atoms with van der Waals surface area (Å²) in [5.41, 5.74) is 1.02. The highest BCUT2D eigenvalue weighted by Gasteiger charge is 2.02. The average Bonchev–Trinajstić information content (AvgIpc) is 2.31. The molecular weight excluding hydrogens is 285 g/mol. The first-order valence-electron chi connectivity index (χ1n) is 3.43. The fourth-order valence-electron chi connectivity index (χ4n) is 1.10. The molecular formula is C8H6INOS. The molecule has 0 N–H and O–H groups in total. The number of rotatable bonds is 0. The largest absolute Gasteiger partial charge is 0.307 e. The lowest BCUT2D eigenvalue weighted by Gasteiger charge is -1.93. The minimum atomic E-state index is 0.104. The number of aromatic nitrogens is 1. The van der Waals surface area contributed by atoms with Gasteiger partial charge in [0, 0.05) is 10.6 Å². The standard InChI is InChI=1S/C8H6INOS/c1-10-6-4-5(9)2-3-7(6)12-8(10)11/h2-4H,1H3. The van der Waals surface area contributed by atoms with E-state index in [1.807, 2.05) is 18.2 Å². The third-order valence-electron chi connectivity index (χ3n) is 1.75. The van der Waals surface area contributed by atoms with Gasteiger partial charge in [-0.15, -0.1) is 0 Å². The van der Waals surface area contributed by atoms with E-state index in [1.165, 1.54) is 11.3 Å². The normalized spacial score (nSPS) is 10.8. The van der Waals surface area contributed by atoms with E-state index in [1.54, 1.807) is 11.6 Å². The molecule has 1 aromatic carbocycles. The molecule has 1 heterocycles. The molecule has 0 aliphatic rings. The van der Waals surface area contributed by atoms with Crippen LogP contribution in [0.5, 0.6) is 0 Å². The summed E-state index contributed by atoms with van der Waals surface area (Å²) in [5, 5.41) is 0. The van der Waals surface area contributed by atoms with Crippen LogP contribution in [0.25, 0.3) is 10.2 Å². The van der Waals surface area contributed by atoms with E-state index < -0.39 is 0 Å². The number of hydrogen-bond donors (Lipinski definition) is 0. The minimum absolute atomic E-state index is 0.104. The molecule has 62 valence electrons. The van der Waals surface area contributed by atoms with Crippen LogP contribution < -0.4 is 4.87 Å². The van der Waals surface area contributed by atoms with E-state index >= 15 is 0 Å². The van der Waals surface area contributed by atoms with Crippen molar-refractivity contribution in [2.24, 2.45) is 7.05 Å². The van der Waals surface area contributed by atoms with Gasteiger partial charge >= 0.3 is 4.87 Å². The number of thiazole rings is 1. The first-order valence-corrected chi connectivity index (χ1v) is 5.33. The molecule has 0 aliphatic heterocycles. The van der Waals surface area contributed by atoms with Gasteiger partial charge in [0.2, 0.25) is 0 Å². The second kappa shape index (κ2) is 2.85. The molecule has 0 aliphatic carbocycles. The molecule has 2 aromatic rings. The summed E-state index contributed by atoms with van der Waals surface area (Å²) in [7, 11) is 1.80. The molecule has 12 heavy (non-hydrogen) atoms. The Morgan fingerprint density at radius 2 is 2.25 bits per heavy atom. The van der Waals surface area contributed by atoms with Gasteiger partial charge in [0.15, 0.2) is 0 Å². The molecule has 0 fully saturated rings. The molecule has 0 amide bonds. The summed E-state index contributed by atoms with van der Waals surface area (Å²) in [4.78, 5) is 11.3. The van der Waals surface area contributed by atoms with E-state index in [-0.39, 0.29) is 4.87 Å². The Balaban J connectivity index is 2.98. The summed E-state index contributed by atoms with van der Waals surface area (Å²) < 4.78 is 3.90. The Labute approximate surface area is 87.0 Å². The summed E-state index contributed by atoms with van der Waals surface area (Å²) in [6.07, 6.45) is 0. The Hall–Kier alpha value is -0.360. The van der Waals surface area contributed by atoms with Gasteiger partial charge in [0.05, 0.1) is 10.2 Å². The van der Waals surface area contributed by atoms with Crippen molar-refractivity contribution in [3.05, 3.63) is 31.4 Å². The zero-order chi connectivity index (χ0) is 8.72. The molecule has 0 bridgehead atoms. The maximum absolute atomic E-state index is 11.2. The van der Waals surface area contributed by atoms with Crippen LogP contribution in [0.15, 0.2) is 23.0 Å². The van der Waals surface area contributed by atoms with E-state index in [0.717, 1.165) is 13.8 Å². The number of aryl methyl sites for hydroxylation is 1. The highest BCUT2D eigenvalue weighted by atomic mass is 127. The minimum Gasteiger partial charge on any atom is -0.302 e. The summed E-state index contributed by atoms with van der Waals surface area (Å²) in [6, 6.07) is 6.02. The van der Waals surface area contributed by atoms with Crippen LogP contribution in [0, 0.1) is 3.57 Å². The van der Waals surface area contributed by atoms with Crippen molar-refractivity contribution < 1.29 is 0 Å². The van der Waals surface area contributed by atoms with Gasteiger partial charge in [0.1, 0.15) is 0 Å². The lowest BCUT2D eigenvalue weighted by atomic mass is 10.3. The molecule has 0 radical (unpaired) electrons. The smallest absolute Gasteiger partial charge is 0.302 e. The van der Waals surface area contributed by atoms with Gasteiger partial charge in [0.25, 0.3) is 0 Å². The number of halogens is 1. The average molecular weight is 291 g/mol. The monoisotopic (exact) mass is 291 g/mol. The zero-order valence-electron chi connectivity index (χ0n) is 6.37. The van der Waals surface area contributed by atoms with Crippen LogP contribution >= 0.6 is 33.9 Å². The topological polar surface area (TPSA) is 22.0 Å². The van der Waals surface area contributed by atoms with Gasteiger partial charge in [-0.1, -0.05) is 11.3 Å². The molecule has 1 aromatic heterocycles. The van der Waals surface area contributed by atoms with Crippen LogP contribution in [0.2, 0.25) is 0 Å². The van der Waals surface area contributed by atoms with Crippen LogP contribution in [0.1, 0.15) is 0 Å². The highest BCUT2D eigenvalue weighted by Crippen LogP contribution is 2.18. The third kappa shape index (κ3) is 1.19. The van der Waals surface area contributed by atoms with Crippen molar-refractivity contribution >= 4 is 44.1 Å². The predicted molar refractivity (Wildman–Crippen MR) is 59.8 cm³/mol. The Bertz CT molecular complexity index is 485. The fraction of sp³-hybridized carbons (Fsp3) is 0.125. The van der Waals surface area contributed by atoms with E-state index in [2.05, 4.69) is 22.6 Å². The number of hydrogen-bond acceptors (Lipinski definition) is 2. The third-order valence-corrected chi connectivity index (χ3v) is 3.44. The quantitative estimate of drug-likeness (QED) is 0.682. The van der Waals surface area contributed by atoms with Crippen LogP contribution in [0.4, 0.5) is 0 Å². The maximum Gasteiger partial charge on any atom is 0.307 e. The number of nitrogens with zero attached hydrogens (tertiary/aromatic N) is 1. The van der Waals surface area contributed by atoms with E-state index in [9.17, 15) is 4.79 Å². The molecule has 0 saturated heterocycles. The van der Waals surface area contributed by atoms with E-state index in [0.29, 0.717) is 0 Å². The lowest BCUT2D eigenvalue weighted by Crippen LogP contribution is -2.06. The van der Waals surface area contributed by atoms with Gasteiger partial charge < -0.3 is 4.57 Å². The van der Waals surface area contributed by atoms with Crippen molar-refractivity contribution in [1.82, 2.24) is 4.57 Å². The summed E-state index contributed by atoms with van der Waals surface area (Å²) in [6.45, 7) is 0. The molecule has 0 atom stereocenters. The fourth-order valence-corrected chi connectivity index (χ4v) is 2.43. The Kier molecular flexibility index (Phi) is 1.96. The zero-order valence-corrected chi connectivity index (χ0v) is 9.35. The van der Waals surface area contributed by atoms with Crippen LogP contribution in [0.3, 0.4) is 0 Å². The first-order chi connectivity index (χ1) is 5.68. The van der Waals surface area contributed by atoms with Gasteiger partial charge in [-0.3, -0.25) is 4.79 Å².